The third-order valence-corrected chi connectivity index (χ3v) is 1.59. The van der Waals surface area contributed by atoms with Crippen LogP contribution in [0.4, 0.5) is 20.3 Å². The lowest BCUT2D eigenvalue weighted by Crippen LogP contribution is -2.25. The van der Waals surface area contributed by atoms with Crippen molar-refractivity contribution >= 4 is 11.5 Å². The van der Waals surface area contributed by atoms with Gasteiger partial charge in [-0.25, -0.2) is 13.8 Å². The third-order valence-electron chi connectivity index (χ3n) is 1.59. The Kier molecular flexibility index (Phi) is 3.00. The van der Waals surface area contributed by atoms with Gasteiger partial charge in [0.2, 0.25) is 0 Å². The molecule has 13 heavy (non-hydrogen) atoms. The smallest absolute Gasteiger partial charge is 0.255 e. The van der Waals surface area contributed by atoms with Gasteiger partial charge < -0.3 is 10.6 Å². The molecule has 0 aromatic carbocycles. The molecule has 0 radical (unpaired) electrons. The average molecular weight is 187 g/mol. The zero-order chi connectivity index (χ0) is 9.84. The first kappa shape index (κ1) is 9.70. The Morgan fingerprint density at radius 1 is 1.62 bits per heavy atom. The molecule has 0 aliphatic heterocycles. The Morgan fingerprint density at radius 3 is 2.85 bits per heavy atom. The van der Waals surface area contributed by atoms with Crippen molar-refractivity contribution in [1.82, 2.24) is 4.98 Å². The normalized spacial score (nSPS) is 10.5. The Balaban J connectivity index is 2.76. The van der Waals surface area contributed by atoms with Crippen LogP contribution in [0.15, 0.2) is 18.3 Å². The number of hydrogen-bond acceptors (Lipinski definition) is 3. The minimum Gasteiger partial charge on any atom is -0.396 e. The van der Waals surface area contributed by atoms with Crippen molar-refractivity contribution in [2.75, 3.05) is 24.2 Å². The van der Waals surface area contributed by atoms with Gasteiger partial charge in [-0.3, -0.25) is 0 Å². The van der Waals surface area contributed by atoms with Crippen LogP contribution < -0.4 is 10.6 Å². The second-order valence-electron chi connectivity index (χ2n) is 2.69. The summed E-state index contributed by atoms with van der Waals surface area (Å²) in [7, 11) is 1.53. The van der Waals surface area contributed by atoms with E-state index < -0.39 is 6.43 Å². The van der Waals surface area contributed by atoms with Gasteiger partial charge in [0.15, 0.2) is 5.82 Å². The van der Waals surface area contributed by atoms with E-state index in [4.69, 9.17) is 5.73 Å². The first-order valence-corrected chi connectivity index (χ1v) is 3.81. The van der Waals surface area contributed by atoms with E-state index in [1.807, 2.05) is 0 Å². The molecule has 1 aromatic rings. The highest BCUT2D eigenvalue weighted by Gasteiger charge is 2.11. The molecule has 1 heterocycles. The first-order valence-electron chi connectivity index (χ1n) is 3.81. The van der Waals surface area contributed by atoms with Crippen molar-refractivity contribution in [3.8, 4) is 0 Å². The molecule has 0 unspecified atom stereocenters. The van der Waals surface area contributed by atoms with Crippen molar-refractivity contribution in [2.24, 2.45) is 0 Å². The summed E-state index contributed by atoms with van der Waals surface area (Å²) in [4.78, 5) is 5.23. The molecule has 2 N–H and O–H groups in total. The summed E-state index contributed by atoms with van der Waals surface area (Å²) in [6, 6.07) is 3.29. The molecule has 0 aliphatic rings. The quantitative estimate of drug-likeness (QED) is 0.777. The number of nitrogens with zero attached hydrogens (tertiary/aromatic N) is 2. The summed E-state index contributed by atoms with van der Waals surface area (Å²) < 4.78 is 24.0. The molecule has 3 nitrogen and oxygen atoms in total. The van der Waals surface area contributed by atoms with Crippen LogP contribution in [0.2, 0.25) is 0 Å². The molecule has 0 saturated carbocycles. The Bertz CT molecular complexity index is 278. The maximum Gasteiger partial charge on any atom is 0.255 e. The summed E-state index contributed by atoms with van der Waals surface area (Å²) in [5.74, 6) is 0.391. The van der Waals surface area contributed by atoms with Gasteiger partial charge in [0, 0.05) is 13.2 Å². The monoisotopic (exact) mass is 187 g/mol. The van der Waals surface area contributed by atoms with Crippen molar-refractivity contribution in [1.29, 1.82) is 0 Å². The third kappa shape index (κ3) is 2.54. The molecule has 1 aromatic heterocycles. The van der Waals surface area contributed by atoms with Gasteiger partial charge in [-0.1, -0.05) is 0 Å². The fourth-order valence-electron chi connectivity index (χ4n) is 1.02. The molecule has 0 aliphatic carbocycles. The average Bonchev–Trinajstić information content (AvgIpc) is 2.03. The van der Waals surface area contributed by atoms with Gasteiger partial charge in [-0.05, 0) is 12.1 Å². The van der Waals surface area contributed by atoms with Crippen LogP contribution in [0.3, 0.4) is 0 Å². The summed E-state index contributed by atoms with van der Waals surface area (Å²) in [5, 5.41) is 0. The van der Waals surface area contributed by atoms with Crippen LogP contribution in [0.5, 0.6) is 0 Å². The largest absolute Gasteiger partial charge is 0.396 e. The van der Waals surface area contributed by atoms with Crippen LogP contribution in [0.25, 0.3) is 0 Å². The molecule has 0 amide bonds. The Morgan fingerprint density at radius 2 is 2.31 bits per heavy atom. The van der Waals surface area contributed by atoms with Crippen LogP contribution in [0, 0.1) is 0 Å². The fourth-order valence-corrected chi connectivity index (χ4v) is 1.02. The van der Waals surface area contributed by atoms with E-state index >= 15 is 0 Å². The van der Waals surface area contributed by atoms with Crippen molar-refractivity contribution in [2.45, 2.75) is 6.43 Å². The van der Waals surface area contributed by atoms with E-state index in [1.54, 1.807) is 12.1 Å². The van der Waals surface area contributed by atoms with E-state index in [0.29, 0.717) is 11.5 Å². The highest BCUT2D eigenvalue weighted by molar-refractivity contribution is 5.61. The minimum atomic E-state index is -2.38. The van der Waals surface area contributed by atoms with Crippen LogP contribution in [-0.2, 0) is 0 Å². The number of rotatable bonds is 3. The van der Waals surface area contributed by atoms with Gasteiger partial charge in [0.25, 0.3) is 6.43 Å². The second kappa shape index (κ2) is 4.02. The van der Waals surface area contributed by atoms with Gasteiger partial charge in [-0.2, -0.15) is 0 Å². The summed E-state index contributed by atoms with van der Waals surface area (Å²) >= 11 is 0. The number of anilines is 2. The molecule has 0 atom stereocenters. The minimum absolute atomic E-state index is 0.360. The van der Waals surface area contributed by atoms with Gasteiger partial charge in [0.05, 0.1) is 12.2 Å². The summed E-state index contributed by atoms with van der Waals surface area (Å²) in [6.07, 6.45) is -0.861. The fraction of sp³-hybridized carbons (Fsp3) is 0.375. The number of hydrogen-bond donors (Lipinski definition) is 1. The SMILES string of the molecule is CN(CC(F)F)c1ncccc1N. The van der Waals surface area contributed by atoms with Crippen molar-refractivity contribution < 1.29 is 8.78 Å². The lowest BCUT2D eigenvalue weighted by atomic mass is 10.3. The highest BCUT2D eigenvalue weighted by Crippen LogP contribution is 2.17. The van der Waals surface area contributed by atoms with Crippen molar-refractivity contribution in [3.63, 3.8) is 0 Å². The molecular formula is C8H11F2N3. The van der Waals surface area contributed by atoms with E-state index in [9.17, 15) is 8.78 Å². The Labute approximate surface area is 75.2 Å². The van der Waals surface area contributed by atoms with Gasteiger partial charge >= 0.3 is 0 Å². The standard InChI is InChI=1S/C8H11F2N3/c1-13(5-7(9)10)8-6(11)3-2-4-12-8/h2-4,7H,5,11H2,1H3. The predicted octanol–water partition coefficient (Wildman–Crippen LogP) is 1.37. The highest BCUT2D eigenvalue weighted by atomic mass is 19.3. The molecule has 0 spiro atoms. The zero-order valence-electron chi connectivity index (χ0n) is 7.24. The number of alkyl halides is 2. The maximum atomic E-state index is 12.0. The molecule has 0 fully saturated rings. The maximum absolute atomic E-state index is 12.0. The van der Waals surface area contributed by atoms with Crippen molar-refractivity contribution in [3.05, 3.63) is 18.3 Å². The first-order chi connectivity index (χ1) is 6.11. The Hall–Kier alpha value is -1.39. The summed E-state index contributed by atoms with van der Waals surface area (Å²) in [6.45, 7) is -0.360. The van der Waals surface area contributed by atoms with Gasteiger partial charge in [-0.15, -0.1) is 0 Å². The van der Waals surface area contributed by atoms with Crippen LogP contribution >= 0.6 is 0 Å². The van der Waals surface area contributed by atoms with Gasteiger partial charge in [0.1, 0.15) is 0 Å². The number of nitrogens with two attached hydrogens (primary N) is 1. The molecule has 1 rings (SSSR count). The number of pyridine rings is 1. The molecular weight excluding hydrogens is 176 g/mol. The molecule has 5 heteroatoms. The topological polar surface area (TPSA) is 42.2 Å². The van der Waals surface area contributed by atoms with E-state index in [2.05, 4.69) is 4.98 Å². The second-order valence-corrected chi connectivity index (χ2v) is 2.69. The van der Waals surface area contributed by atoms with E-state index in [-0.39, 0.29) is 6.54 Å². The zero-order valence-corrected chi connectivity index (χ0v) is 7.24. The lowest BCUT2D eigenvalue weighted by molar-refractivity contribution is 0.156. The molecule has 0 saturated heterocycles. The lowest BCUT2D eigenvalue weighted by Gasteiger charge is -2.18. The molecule has 0 bridgehead atoms. The van der Waals surface area contributed by atoms with Crippen LogP contribution in [-0.4, -0.2) is 25.0 Å². The molecule has 72 valence electrons. The van der Waals surface area contributed by atoms with E-state index in [1.165, 1.54) is 18.1 Å². The number of aromatic nitrogens is 1. The number of halogens is 2. The predicted molar refractivity (Wildman–Crippen MR) is 47.9 cm³/mol. The number of nitrogen functional groups attached to an aromatic ring is 1. The van der Waals surface area contributed by atoms with Crippen LogP contribution in [0.1, 0.15) is 0 Å². The summed E-state index contributed by atoms with van der Waals surface area (Å²) in [5.41, 5.74) is 5.96. The van der Waals surface area contributed by atoms with E-state index in [0.717, 1.165) is 0 Å².